The van der Waals surface area contributed by atoms with Crippen LogP contribution in [-0.2, 0) is 4.43 Å². The second-order valence-corrected chi connectivity index (χ2v) is 19.1. The van der Waals surface area contributed by atoms with Gasteiger partial charge in [0, 0.05) is 5.22 Å². The summed E-state index contributed by atoms with van der Waals surface area (Å²) in [7, 11) is -3.24. The van der Waals surface area contributed by atoms with Crippen molar-refractivity contribution in [2.45, 2.75) is 135 Å². The quantitative estimate of drug-likeness (QED) is 0.291. The minimum absolute atomic E-state index is 0.250. The Hall–Kier alpha value is 0.394. The van der Waals surface area contributed by atoms with E-state index in [4.69, 9.17) is 4.43 Å². The van der Waals surface area contributed by atoms with E-state index in [0.717, 1.165) is 5.92 Å². The largest absolute Gasteiger partial charge is 0.414 e. The molecule has 0 amide bonds. The predicted molar refractivity (Wildman–Crippen MR) is 120 cm³/mol. The second kappa shape index (κ2) is 9.06. The molecule has 3 heteroatoms. The van der Waals surface area contributed by atoms with E-state index in [-0.39, 0.29) is 5.22 Å². The van der Waals surface area contributed by atoms with Crippen LogP contribution in [0.15, 0.2) is 0 Å². The summed E-state index contributed by atoms with van der Waals surface area (Å²) in [5, 5.41) is 0.660. The molecule has 1 nitrogen and oxygen atoms in total. The van der Waals surface area contributed by atoms with Gasteiger partial charge in [-0.05, 0) is 42.8 Å². The third-order valence-corrected chi connectivity index (χ3v) is 20.1. The first kappa shape index (κ1) is 23.4. The average Bonchev–Trinajstić information content (AvgIpc) is 3.44. The minimum atomic E-state index is -1.80. The van der Waals surface area contributed by atoms with Gasteiger partial charge in [-0.15, -0.1) is 0 Å². The maximum Gasteiger partial charge on any atom is 0.195 e. The maximum absolute atomic E-state index is 7.70. The first-order valence-corrected chi connectivity index (χ1v) is 16.9. The second-order valence-electron chi connectivity index (χ2n) is 9.53. The van der Waals surface area contributed by atoms with Gasteiger partial charge in [0.15, 0.2) is 8.32 Å². The van der Waals surface area contributed by atoms with Gasteiger partial charge in [0.05, 0.1) is 8.07 Å². The van der Waals surface area contributed by atoms with E-state index >= 15 is 0 Å². The Morgan fingerprint density at radius 2 is 1.36 bits per heavy atom. The normalized spacial score (nSPS) is 22.9. The van der Waals surface area contributed by atoms with Crippen molar-refractivity contribution in [2.24, 2.45) is 5.92 Å². The lowest BCUT2D eigenvalue weighted by Crippen LogP contribution is -2.65. The van der Waals surface area contributed by atoms with Crippen LogP contribution in [0, 0.1) is 5.92 Å². The molecule has 0 heterocycles. The number of rotatable bonds is 13. The first-order chi connectivity index (χ1) is 11.7. The smallest absolute Gasteiger partial charge is 0.195 e. The Labute approximate surface area is 161 Å². The SMILES string of the molecule is CCC[Si](C)(CC)C(CC)(O[Si](C)(CCC)C(C)(CC)CC)C1CC1. The van der Waals surface area contributed by atoms with E-state index in [2.05, 4.69) is 61.6 Å². The summed E-state index contributed by atoms with van der Waals surface area (Å²) in [6.45, 7) is 22.3. The van der Waals surface area contributed by atoms with Crippen molar-refractivity contribution in [1.29, 1.82) is 0 Å². The van der Waals surface area contributed by atoms with Crippen LogP contribution in [0.1, 0.15) is 93.4 Å². The van der Waals surface area contributed by atoms with Crippen molar-refractivity contribution in [3.8, 4) is 0 Å². The molecule has 150 valence electrons. The summed E-state index contributed by atoms with van der Waals surface area (Å²) in [4.78, 5) is 0. The molecule has 3 atom stereocenters. The highest BCUT2D eigenvalue weighted by molar-refractivity contribution is 6.83. The molecule has 3 unspecified atom stereocenters. The van der Waals surface area contributed by atoms with Crippen molar-refractivity contribution in [1.82, 2.24) is 0 Å². The number of hydrogen-bond acceptors (Lipinski definition) is 1. The molecule has 0 radical (unpaired) electrons. The molecule has 0 bridgehead atoms. The summed E-state index contributed by atoms with van der Waals surface area (Å²) in [6.07, 6.45) is 9.26. The Bertz CT molecular complexity index is 405. The van der Waals surface area contributed by atoms with Crippen molar-refractivity contribution in [3.63, 3.8) is 0 Å². The molecule has 1 aliphatic carbocycles. The van der Waals surface area contributed by atoms with Crippen molar-refractivity contribution in [2.75, 3.05) is 0 Å². The predicted octanol–water partition coefficient (Wildman–Crippen LogP) is 8.18. The molecule has 0 N–H and O–H groups in total. The minimum Gasteiger partial charge on any atom is -0.414 e. The summed E-state index contributed by atoms with van der Waals surface area (Å²) < 4.78 is 7.70. The molecule has 1 fully saturated rings. The van der Waals surface area contributed by atoms with E-state index in [1.54, 1.807) is 0 Å². The van der Waals surface area contributed by atoms with Crippen LogP contribution in [0.25, 0.3) is 0 Å². The van der Waals surface area contributed by atoms with E-state index in [1.807, 2.05) is 0 Å². The highest BCUT2D eigenvalue weighted by Gasteiger charge is 2.60. The fourth-order valence-corrected chi connectivity index (χ4v) is 16.4. The molecule has 0 aliphatic heterocycles. The molecule has 0 aromatic heterocycles. The van der Waals surface area contributed by atoms with Crippen molar-refractivity contribution < 1.29 is 4.43 Å². The fourth-order valence-electron chi connectivity index (χ4n) is 5.63. The van der Waals surface area contributed by atoms with Crippen LogP contribution in [0.5, 0.6) is 0 Å². The van der Waals surface area contributed by atoms with E-state index in [9.17, 15) is 0 Å². The summed E-state index contributed by atoms with van der Waals surface area (Å²) in [6, 6.07) is 4.16. The first-order valence-electron chi connectivity index (χ1n) is 11.4. The molecule has 0 aromatic rings. The lowest BCUT2D eigenvalue weighted by atomic mass is 10.1. The van der Waals surface area contributed by atoms with Gasteiger partial charge in [-0.1, -0.05) is 92.8 Å². The molecule has 0 spiro atoms. The van der Waals surface area contributed by atoms with Crippen LogP contribution < -0.4 is 0 Å². The van der Waals surface area contributed by atoms with Crippen molar-refractivity contribution >= 4 is 16.4 Å². The summed E-state index contributed by atoms with van der Waals surface area (Å²) in [5.74, 6) is 0.863. The van der Waals surface area contributed by atoms with E-state index < -0.39 is 16.4 Å². The molecule has 0 aromatic carbocycles. The summed E-state index contributed by atoms with van der Waals surface area (Å²) >= 11 is 0. The van der Waals surface area contributed by atoms with Crippen LogP contribution in [-0.4, -0.2) is 21.6 Å². The highest BCUT2D eigenvalue weighted by atomic mass is 28.4. The van der Waals surface area contributed by atoms with E-state index in [1.165, 1.54) is 63.1 Å². The zero-order valence-corrected chi connectivity index (χ0v) is 21.1. The molecule has 1 aliphatic rings. The number of hydrogen-bond donors (Lipinski definition) is 0. The molecule has 1 rings (SSSR count). The molecule has 1 saturated carbocycles. The maximum atomic E-state index is 7.70. The van der Waals surface area contributed by atoms with Gasteiger partial charge >= 0.3 is 0 Å². The lowest BCUT2D eigenvalue weighted by Gasteiger charge is -2.56. The van der Waals surface area contributed by atoms with Gasteiger partial charge in [0.1, 0.15) is 0 Å². The van der Waals surface area contributed by atoms with Gasteiger partial charge in [0.25, 0.3) is 0 Å². The van der Waals surface area contributed by atoms with Gasteiger partial charge in [-0.3, -0.25) is 0 Å². The van der Waals surface area contributed by atoms with Crippen LogP contribution in [0.4, 0.5) is 0 Å². The van der Waals surface area contributed by atoms with Gasteiger partial charge in [0.2, 0.25) is 0 Å². The van der Waals surface area contributed by atoms with Gasteiger partial charge < -0.3 is 4.43 Å². The highest BCUT2D eigenvalue weighted by Crippen LogP contribution is 2.57. The van der Waals surface area contributed by atoms with Crippen LogP contribution in [0.2, 0.25) is 36.3 Å². The molecule has 25 heavy (non-hydrogen) atoms. The molecule has 0 saturated heterocycles. The van der Waals surface area contributed by atoms with Gasteiger partial charge in [-0.25, -0.2) is 0 Å². The summed E-state index contributed by atoms with van der Waals surface area (Å²) in [5.41, 5.74) is 0. The lowest BCUT2D eigenvalue weighted by molar-refractivity contribution is 0.0898. The Morgan fingerprint density at radius 3 is 1.68 bits per heavy atom. The van der Waals surface area contributed by atoms with Crippen LogP contribution in [0.3, 0.4) is 0 Å². The van der Waals surface area contributed by atoms with Gasteiger partial charge in [-0.2, -0.15) is 0 Å². The van der Waals surface area contributed by atoms with Crippen LogP contribution >= 0.6 is 0 Å². The molecular weight excluding hydrogens is 336 g/mol. The third-order valence-electron chi connectivity index (χ3n) is 8.34. The fraction of sp³-hybridized carbons (Fsp3) is 1.00. The standard InChI is InChI=1S/C22H48OSi2/c1-10-18-24(8,15-6)22(14-5,20-16-17-20)23-25(9,19-11-2)21(7,12-3)13-4/h20H,10-19H2,1-9H3. The Kier molecular flexibility index (Phi) is 8.49. The Balaban J connectivity index is 3.40. The monoisotopic (exact) mass is 384 g/mol. The zero-order chi connectivity index (χ0) is 19.4. The Morgan fingerprint density at radius 1 is 0.840 bits per heavy atom. The van der Waals surface area contributed by atoms with E-state index in [0.29, 0.717) is 5.04 Å². The topological polar surface area (TPSA) is 9.23 Å². The van der Waals surface area contributed by atoms with Crippen molar-refractivity contribution in [3.05, 3.63) is 0 Å². The zero-order valence-electron chi connectivity index (χ0n) is 19.1. The molecular formula is C22H48OSi2. The average molecular weight is 385 g/mol. The third kappa shape index (κ3) is 4.29.